The van der Waals surface area contributed by atoms with Gasteiger partial charge in [0.05, 0.1) is 16.3 Å². The van der Waals surface area contributed by atoms with Crippen molar-refractivity contribution in [1.29, 1.82) is 0 Å². The number of allylic oxidation sites excluding steroid dienone is 1. The van der Waals surface area contributed by atoms with E-state index in [0.717, 1.165) is 17.8 Å². The van der Waals surface area contributed by atoms with Gasteiger partial charge in [0, 0.05) is 24.2 Å². The molecule has 1 amide bonds. The van der Waals surface area contributed by atoms with Crippen LogP contribution in [0, 0.1) is 5.92 Å². The molecule has 1 N–H and O–H groups in total. The maximum atomic E-state index is 12.9. The van der Waals surface area contributed by atoms with Crippen LogP contribution in [0.2, 0.25) is 0 Å². The first-order chi connectivity index (χ1) is 15.3. The van der Waals surface area contributed by atoms with Crippen LogP contribution in [0.4, 0.5) is 10.8 Å². The molecule has 1 atom stereocenters. The molecule has 0 fully saturated rings. The molecular formula is C23H22N4O3S2. The molecule has 1 unspecified atom stereocenters. The van der Waals surface area contributed by atoms with Crippen LogP contribution in [0.5, 0.6) is 0 Å². The molecule has 0 saturated carbocycles. The number of carbonyl (C=O) groups excluding carboxylic acids is 1. The summed E-state index contributed by atoms with van der Waals surface area (Å²) in [4.78, 5) is 21.5. The van der Waals surface area contributed by atoms with E-state index < -0.39 is 10.0 Å². The van der Waals surface area contributed by atoms with E-state index in [4.69, 9.17) is 0 Å². The number of carbonyl (C=O) groups is 1. The SMILES string of the molecule is CC1C=C(c2csc(NC(=O)c3ccc(S(=O)(=O)N(C)c4ccccc4)cc3)n2)N=CC1. The summed E-state index contributed by atoms with van der Waals surface area (Å²) in [6.45, 7) is 2.11. The number of nitrogens with one attached hydrogen (secondary N) is 1. The molecule has 7 nitrogen and oxygen atoms in total. The zero-order valence-electron chi connectivity index (χ0n) is 17.6. The maximum Gasteiger partial charge on any atom is 0.264 e. The fourth-order valence-corrected chi connectivity index (χ4v) is 5.08. The summed E-state index contributed by atoms with van der Waals surface area (Å²) in [5.41, 5.74) is 2.42. The highest BCUT2D eigenvalue weighted by Gasteiger charge is 2.21. The van der Waals surface area contributed by atoms with E-state index in [1.807, 2.05) is 17.7 Å². The second-order valence-corrected chi connectivity index (χ2v) is 10.2. The summed E-state index contributed by atoms with van der Waals surface area (Å²) < 4.78 is 27.0. The number of benzene rings is 2. The van der Waals surface area contributed by atoms with Crippen LogP contribution in [0.25, 0.3) is 5.70 Å². The molecule has 2 aromatic carbocycles. The van der Waals surface area contributed by atoms with Crippen molar-refractivity contribution in [2.45, 2.75) is 18.2 Å². The van der Waals surface area contributed by atoms with E-state index in [2.05, 4.69) is 28.3 Å². The third-order valence-corrected chi connectivity index (χ3v) is 7.59. The molecule has 0 bridgehead atoms. The highest BCUT2D eigenvalue weighted by molar-refractivity contribution is 7.92. The van der Waals surface area contributed by atoms with Gasteiger partial charge in [0.15, 0.2) is 5.13 Å². The van der Waals surface area contributed by atoms with Gasteiger partial charge in [0.2, 0.25) is 0 Å². The molecule has 1 aromatic heterocycles. The number of rotatable bonds is 6. The Hall–Kier alpha value is -3.30. The first-order valence-corrected chi connectivity index (χ1v) is 12.3. The Bertz CT molecular complexity index is 1280. The van der Waals surface area contributed by atoms with Gasteiger partial charge < -0.3 is 0 Å². The van der Waals surface area contributed by atoms with E-state index in [0.29, 0.717) is 22.3 Å². The molecule has 9 heteroatoms. The average Bonchev–Trinajstić information content (AvgIpc) is 3.27. The second kappa shape index (κ2) is 9.05. The summed E-state index contributed by atoms with van der Waals surface area (Å²) >= 11 is 1.32. The Labute approximate surface area is 191 Å². The molecule has 32 heavy (non-hydrogen) atoms. The van der Waals surface area contributed by atoms with Gasteiger partial charge in [-0.15, -0.1) is 11.3 Å². The number of hydrogen-bond donors (Lipinski definition) is 1. The predicted octanol–water partition coefficient (Wildman–Crippen LogP) is 4.67. The Balaban J connectivity index is 1.46. The fraction of sp³-hybridized carbons (Fsp3) is 0.174. The molecule has 0 radical (unpaired) electrons. The number of anilines is 2. The average molecular weight is 467 g/mol. The van der Waals surface area contributed by atoms with Gasteiger partial charge in [-0.2, -0.15) is 0 Å². The highest BCUT2D eigenvalue weighted by Crippen LogP contribution is 2.27. The summed E-state index contributed by atoms with van der Waals surface area (Å²) in [5.74, 6) is 0.0405. The van der Waals surface area contributed by atoms with Crippen molar-refractivity contribution in [1.82, 2.24) is 4.98 Å². The molecule has 4 rings (SSSR count). The number of thiazole rings is 1. The van der Waals surface area contributed by atoms with Gasteiger partial charge in [-0.05, 0) is 48.7 Å². The normalized spacial score (nSPS) is 15.8. The second-order valence-electron chi connectivity index (χ2n) is 7.40. The third-order valence-electron chi connectivity index (χ3n) is 5.03. The lowest BCUT2D eigenvalue weighted by molar-refractivity contribution is 0.102. The van der Waals surface area contributed by atoms with E-state index in [1.54, 1.807) is 24.3 Å². The molecule has 0 spiro atoms. The van der Waals surface area contributed by atoms with Crippen molar-refractivity contribution in [3.8, 4) is 0 Å². The van der Waals surface area contributed by atoms with Crippen molar-refractivity contribution < 1.29 is 13.2 Å². The number of hydrogen-bond acceptors (Lipinski definition) is 6. The van der Waals surface area contributed by atoms with E-state index in [-0.39, 0.29) is 10.8 Å². The first-order valence-electron chi connectivity index (χ1n) is 10.0. The fourth-order valence-electron chi connectivity index (χ4n) is 3.18. The molecule has 3 aromatic rings. The van der Waals surface area contributed by atoms with Gasteiger partial charge in [-0.1, -0.05) is 31.2 Å². The number of para-hydroxylation sites is 1. The Morgan fingerprint density at radius 3 is 2.53 bits per heavy atom. The van der Waals surface area contributed by atoms with Crippen LogP contribution < -0.4 is 9.62 Å². The third kappa shape index (κ3) is 4.63. The number of aromatic nitrogens is 1. The molecule has 0 aliphatic carbocycles. The van der Waals surface area contributed by atoms with Crippen molar-refractivity contribution in [3.63, 3.8) is 0 Å². The summed E-state index contributed by atoms with van der Waals surface area (Å²) in [6.07, 6.45) is 4.85. The summed E-state index contributed by atoms with van der Waals surface area (Å²) in [6, 6.07) is 14.7. The van der Waals surface area contributed by atoms with Gasteiger partial charge >= 0.3 is 0 Å². The molecule has 0 saturated heterocycles. The van der Waals surface area contributed by atoms with Crippen LogP contribution in [0.15, 0.2) is 75.9 Å². The smallest absolute Gasteiger partial charge is 0.264 e. The maximum absolute atomic E-state index is 12.9. The first kappa shape index (κ1) is 21.9. The molecule has 1 aliphatic rings. The molecule has 1 aliphatic heterocycles. The summed E-state index contributed by atoms with van der Waals surface area (Å²) in [7, 11) is -2.24. The minimum Gasteiger partial charge on any atom is -0.298 e. The van der Waals surface area contributed by atoms with Gasteiger partial charge in [0.25, 0.3) is 15.9 Å². The number of nitrogens with zero attached hydrogens (tertiary/aromatic N) is 3. The van der Waals surface area contributed by atoms with Gasteiger partial charge in [-0.25, -0.2) is 13.4 Å². The van der Waals surface area contributed by atoms with Crippen molar-refractivity contribution in [3.05, 3.63) is 77.3 Å². The van der Waals surface area contributed by atoms with Gasteiger partial charge in [-0.3, -0.25) is 19.4 Å². The standard InChI is InChI=1S/C23H22N4O3S2/c1-16-12-13-24-20(14-16)21-15-31-23(25-21)26-22(28)17-8-10-19(11-9-17)32(29,30)27(2)18-6-4-3-5-7-18/h3-11,13-16H,12H2,1-2H3,(H,25,26,28). The lowest BCUT2D eigenvalue weighted by Gasteiger charge is -2.19. The van der Waals surface area contributed by atoms with Crippen LogP contribution in [-0.2, 0) is 10.0 Å². The number of sulfonamides is 1. The van der Waals surface area contributed by atoms with E-state index in [9.17, 15) is 13.2 Å². The van der Waals surface area contributed by atoms with Crippen LogP contribution in [-0.4, -0.2) is 32.6 Å². The van der Waals surface area contributed by atoms with Crippen molar-refractivity contribution >= 4 is 50.0 Å². The quantitative estimate of drug-likeness (QED) is 0.571. The van der Waals surface area contributed by atoms with Crippen LogP contribution in [0.1, 0.15) is 29.4 Å². The van der Waals surface area contributed by atoms with Crippen molar-refractivity contribution in [2.24, 2.45) is 10.9 Å². The molecular weight excluding hydrogens is 444 g/mol. The number of amides is 1. The van der Waals surface area contributed by atoms with Crippen LogP contribution >= 0.6 is 11.3 Å². The minimum absolute atomic E-state index is 0.105. The summed E-state index contributed by atoms with van der Waals surface area (Å²) in [5, 5.41) is 5.08. The monoisotopic (exact) mass is 466 g/mol. The van der Waals surface area contributed by atoms with Crippen LogP contribution in [0.3, 0.4) is 0 Å². The Morgan fingerprint density at radius 2 is 1.84 bits per heavy atom. The Morgan fingerprint density at radius 1 is 1.12 bits per heavy atom. The predicted molar refractivity (Wildman–Crippen MR) is 129 cm³/mol. The van der Waals surface area contributed by atoms with Gasteiger partial charge in [0.1, 0.15) is 5.69 Å². The largest absolute Gasteiger partial charge is 0.298 e. The zero-order chi connectivity index (χ0) is 22.7. The Kier molecular flexibility index (Phi) is 6.20. The topological polar surface area (TPSA) is 91.7 Å². The number of aliphatic imine (C=N–C) groups is 1. The van der Waals surface area contributed by atoms with E-state index >= 15 is 0 Å². The minimum atomic E-state index is -3.74. The molecule has 2 heterocycles. The lowest BCUT2D eigenvalue weighted by Crippen LogP contribution is -2.26. The van der Waals surface area contributed by atoms with Crippen molar-refractivity contribution in [2.75, 3.05) is 16.7 Å². The highest BCUT2D eigenvalue weighted by atomic mass is 32.2. The zero-order valence-corrected chi connectivity index (χ0v) is 19.2. The van der Waals surface area contributed by atoms with E-state index in [1.165, 1.54) is 47.0 Å². The molecule has 164 valence electrons. The lowest BCUT2D eigenvalue weighted by atomic mass is 10.0.